The maximum atomic E-state index is 12.3. The van der Waals surface area contributed by atoms with E-state index in [1.54, 1.807) is 0 Å². The number of halogens is 1. The molecule has 1 amide bonds. The van der Waals surface area contributed by atoms with Crippen molar-refractivity contribution in [3.63, 3.8) is 0 Å². The van der Waals surface area contributed by atoms with Gasteiger partial charge in [-0.1, -0.05) is 41.8 Å². The first-order valence-corrected chi connectivity index (χ1v) is 10.9. The number of aryl methyl sites for hydroxylation is 1. The van der Waals surface area contributed by atoms with Gasteiger partial charge in [0.05, 0.1) is 6.10 Å². The standard InChI is InChI=1S/C21H30ClN5O2/c22-17-7-5-6-16(14-17)15-19(28)11-9-18-10-12-21(29)27(18)13-4-2-1-3-8-20-23-25-26-24-20/h5-7,14,18-19,28H,1-4,8-13,15H2,(H,23,24,25,26)/t18-,19+/m0/s1. The molecule has 29 heavy (non-hydrogen) atoms. The number of tetrazole rings is 1. The largest absolute Gasteiger partial charge is 0.393 e. The summed E-state index contributed by atoms with van der Waals surface area (Å²) in [5.74, 6) is 1.02. The lowest BCUT2D eigenvalue weighted by atomic mass is 10.0. The van der Waals surface area contributed by atoms with E-state index in [9.17, 15) is 9.90 Å². The van der Waals surface area contributed by atoms with Crippen LogP contribution in [0.25, 0.3) is 0 Å². The van der Waals surface area contributed by atoms with Crippen molar-refractivity contribution in [2.24, 2.45) is 0 Å². The predicted octanol–water partition coefficient (Wildman–Crippen LogP) is 3.33. The fraction of sp³-hybridized carbons (Fsp3) is 0.619. The zero-order valence-electron chi connectivity index (χ0n) is 16.8. The van der Waals surface area contributed by atoms with Crippen molar-refractivity contribution in [1.29, 1.82) is 0 Å². The third kappa shape index (κ3) is 7.08. The molecular formula is C21H30ClN5O2. The summed E-state index contributed by atoms with van der Waals surface area (Å²) in [6, 6.07) is 7.89. The number of hydrogen-bond donors (Lipinski definition) is 2. The first kappa shape index (κ1) is 21.7. The summed E-state index contributed by atoms with van der Waals surface area (Å²) < 4.78 is 0. The first-order chi connectivity index (χ1) is 14.1. The zero-order chi connectivity index (χ0) is 20.5. The summed E-state index contributed by atoms with van der Waals surface area (Å²) in [5.41, 5.74) is 1.05. The van der Waals surface area contributed by atoms with Crippen molar-refractivity contribution in [3.05, 3.63) is 40.7 Å². The van der Waals surface area contributed by atoms with Gasteiger partial charge in [-0.15, -0.1) is 10.2 Å². The maximum absolute atomic E-state index is 12.3. The zero-order valence-corrected chi connectivity index (χ0v) is 17.5. The fourth-order valence-electron chi connectivity index (χ4n) is 4.03. The van der Waals surface area contributed by atoms with Crippen molar-refractivity contribution < 1.29 is 9.90 Å². The van der Waals surface area contributed by atoms with Crippen LogP contribution in [0, 0.1) is 0 Å². The molecule has 2 aromatic rings. The number of rotatable bonds is 12. The number of unbranched alkanes of at least 4 members (excludes halogenated alkanes) is 3. The number of benzene rings is 1. The number of aromatic amines is 1. The molecule has 1 saturated heterocycles. The molecule has 0 aliphatic carbocycles. The van der Waals surface area contributed by atoms with Gasteiger partial charge >= 0.3 is 0 Å². The number of H-pyrrole nitrogens is 1. The van der Waals surface area contributed by atoms with Crippen LogP contribution < -0.4 is 0 Å². The molecule has 0 unspecified atom stereocenters. The molecular weight excluding hydrogens is 390 g/mol. The quantitative estimate of drug-likeness (QED) is 0.514. The van der Waals surface area contributed by atoms with Gasteiger partial charge in [-0.25, -0.2) is 0 Å². The van der Waals surface area contributed by atoms with Crippen molar-refractivity contribution in [2.45, 2.75) is 76.4 Å². The minimum Gasteiger partial charge on any atom is -0.393 e. The molecule has 1 fully saturated rings. The van der Waals surface area contributed by atoms with Crippen molar-refractivity contribution >= 4 is 17.5 Å². The van der Waals surface area contributed by atoms with Crippen LogP contribution >= 0.6 is 11.6 Å². The predicted molar refractivity (Wildman–Crippen MR) is 111 cm³/mol. The van der Waals surface area contributed by atoms with Crippen LogP contribution in [0.1, 0.15) is 62.8 Å². The summed E-state index contributed by atoms with van der Waals surface area (Å²) in [4.78, 5) is 14.3. The van der Waals surface area contributed by atoms with Gasteiger partial charge in [0.25, 0.3) is 0 Å². The Morgan fingerprint density at radius 1 is 1.28 bits per heavy atom. The van der Waals surface area contributed by atoms with Crippen molar-refractivity contribution in [3.8, 4) is 0 Å². The summed E-state index contributed by atoms with van der Waals surface area (Å²) in [5, 5.41) is 25.0. The number of likely N-dealkylation sites (tertiary alicyclic amines) is 1. The average Bonchev–Trinajstić information content (AvgIpc) is 3.33. The van der Waals surface area contributed by atoms with Gasteiger partial charge in [-0.3, -0.25) is 4.79 Å². The summed E-state index contributed by atoms with van der Waals surface area (Å²) >= 11 is 6.01. The minimum atomic E-state index is -0.406. The third-order valence-electron chi connectivity index (χ3n) is 5.58. The number of amides is 1. The first-order valence-electron chi connectivity index (χ1n) is 10.6. The maximum Gasteiger partial charge on any atom is 0.222 e. The number of aliphatic hydroxyl groups excluding tert-OH is 1. The van der Waals surface area contributed by atoms with Gasteiger partial charge in [0.15, 0.2) is 5.82 Å². The highest BCUT2D eigenvalue weighted by Gasteiger charge is 2.30. The Kier molecular flexibility index (Phi) is 8.43. The summed E-state index contributed by atoms with van der Waals surface area (Å²) in [7, 11) is 0. The molecule has 0 spiro atoms. The molecule has 8 heteroatoms. The Morgan fingerprint density at radius 2 is 2.14 bits per heavy atom. The van der Waals surface area contributed by atoms with Gasteiger partial charge in [0.2, 0.25) is 5.91 Å². The number of aromatic nitrogens is 4. The second kappa shape index (κ2) is 11.3. The molecule has 2 atom stereocenters. The van der Waals surface area contributed by atoms with Crippen LogP contribution in [0.3, 0.4) is 0 Å². The minimum absolute atomic E-state index is 0.256. The normalized spacial score (nSPS) is 17.8. The lowest BCUT2D eigenvalue weighted by molar-refractivity contribution is -0.129. The SMILES string of the molecule is O=C1CC[C@H](CC[C@@H](O)Cc2cccc(Cl)c2)N1CCCCCCc1nn[nH]n1. The highest BCUT2D eigenvalue weighted by molar-refractivity contribution is 6.30. The van der Waals surface area contributed by atoms with Crippen LogP contribution in [0.4, 0.5) is 0 Å². The Hall–Kier alpha value is -1.99. The van der Waals surface area contributed by atoms with Gasteiger partial charge in [0, 0.05) is 30.5 Å². The highest BCUT2D eigenvalue weighted by Crippen LogP contribution is 2.25. The van der Waals surface area contributed by atoms with E-state index in [1.165, 1.54) is 0 Å². The molecule has 2 heterocycles. The molecule has 0 bridgehead atoms. The topological polar surface area (TPSA) is 95.0 Å². The highest BCUT2D eigenvalue weighted by atomic mass is 35.5. The Bertz CT molecular complexity index is 755. The molecule has 7 nitrogen and oxygen atoms in total. The van der Waals surface area contributed by atoms with E-state index in [0.717, 1.165) is 62.9 Å². The smallest absolute Gasteiger partial charge is 0.222 e. The molecule has 0 radical (unpaired) electrons. The van der Waals surface area contributed by atoms with Gasteiger partial charge in [-0.2, -0.15) is 5.21 Å². The van der Waals surface area contributed by atoms with Gasteiger partial charge in [-0.05, 0) is 56.2 Å². The van der Waals surface area contributed by atoms with Crippen molar-refractivity contribution in [1.82, 2.24) is 25.5 Å². The van der Waals surface area contributed by atoms with Gasteiger partial charge in [0.1, 0.15) is 0 Å². The monoisotopic (exact) mass is 419 g/mol. The van der Waals surface area contributed by atoms with E-state index in [1.807, 2.05) is 29.2 Å². The fourth-order valence-corrected chi connectivity index (χ4v) is 4.24. The van der Waals surface area contributed by atoms with E-state index in [-0.39, 0.29) is 11.9 Å². The molecule has 1 aromatic heterocycles. The van der Waals surface area contributed by atoms with Crippen LogP contribution in [-0.4, -0.2) is 55.2 Å². The summed E-state index contributed by atoms with van der Waals surface area (Å²) in [6.45, 7) is 0.816. The van der Waals surface area contributed by atoms with E-state index in [0.29, 0.717) is 24.3 Å². The van der Waals surface area contributed by atoms with E-state index >= 15 is 0 Å². The Balaban J connectivity index is 1.33. The summed E-state index contributed by atoms with van der Waals surface area (Å²) in [6.07, 6.45) is 8.35. The molecule has 3 rings (SSSR count). The van der Waals surface area contributed by atoms with Crippen molar-refractivity contribution in [2.75, 3.05) is 6.54 Å². The second-order valence-electron chi connectivity index (χ2n) is 7.84. The molecule has 1 aliphatic heterocycles. The molecule has 158 valence electrons. The third-order valence-corrected chi connectivity index (χ3v) is 5.82. The number of carbonyl (C=O) groups excluding carboxylic acids is 1. The van der Waals surface area contributed by atoms with Crippen LogP contribution in [0.2, 0.25) is 5.02 Å². The van der Waals surface area contributed by atoms with Crippen LogP contribution in [-0.2, 0) is 17.6 Å². The Morgan fingerprint density at radius 3 is 2.93 bits per heavy atom. The molecule has 1 aromatic carbocycles. The van der Waals surface area contributed by atoms with E-state index < -0.39 is 6.10 Å². The number of hydrogen-bond acceptors (Lipinski definition) is 5. The van der Waals surface area contributed by atoms with Crippen LogP contribution in [0.15, 0.2) is 24.3 Å². The molecule has 2 N–H and O–H groups in total. The number of aliphatic hydroxyl groups is 1. The lowest BCUT2D eigenvalue weighted by Crippen LogP contribution is -2.34. The number of nitrogens with zero attached hydrogens (tertiary/aromatic N) is 4. The lowest BCUT2D eigenvalue weighted by Gasteiger charge is -2.26. The molecule has 1 aliphatic rings. The number of carbonyl (C=O) groups is 1. The Labute approximate surface area is 176 Å². The second-order valence-corrected chi connectivity index (χ2v) is 8.27. The van der Waals surface area contributed by atoms with E-state index in [2.05, 4.69) is 20.6 Å². The van der Waals surface area contributed by atoms with Gasteiger partial charge < -0.3 is 10.0 Å². The van der Waals surface area contributed by atoms with Crippen LogP contribution in [0.5, 0.6) is 0 Å². The molecule has 0 saturated carbocycles. The van der Waals surface area contributed by atoms with E-state index in [4.69, 9.17) is 11.6 Å². The average molecular weight is 420 g/mol. The number of nitrogens with one attached hydrogen (secondary N) is 1.